The van der Waals surface area contributed by atoms with Crippen molar-refractivity contribution in [1.82, 2.24) is 4.98 Å². The monoisotopic (exact) mass is 375 g/mol. The standard InChI is InChI=1S/C22H21N3O3/c1-3-28-19-10-8-18(9-11-19)24-21(26)16-12-13-23-20(14-16)22(27)25-17-6-4-15(2)5-7-17/h4-14H,3H2,1-2H3,(H,24,26)(H,25,27). The molecule has 0 atom stereocenters. The molecule has 28 heavy (non-hydrogen) atoms. The summed E-state index contributed by atoms with van der Waals surface area (Å²) in [6, 6.07) is 17.6. The number of pyridine rings is 1. The lowest BCUT2D eigenvalue weighted by molar-refractivity contribution is 0.102. The highest BCUT2D eigenvalue weighted by molar-refractivity contribution is 6.07. The minimum atomic E-state index is -0.375. The first-order valence-electron chi connectivity index (χ1n) is 8.93. The van der Waals surface area contributed by atoms with Gasteiger partial charge in [0.15, 0.2) is 0 Å². The molecule has 3 rings (SSSR count). The molecule has 0 fully saturated rings. The van der Waals surface area contributed by atoms with Crippen molar-refractivity contribution in [2.24, 2.45) is 0 Å². The maximum atomic E-state index is 12.5. The quantitative estimate of drug-likeness (QED) is 0.673. The Morgan fingerprint density at radius 2 is 1.50 bits per heavy atom. The van der Waals surface area contributed by atoms with Gasteiger partial charge in [-0.15, -0.1) is 0 Å². The lowest BCUT2D eigenvalue weighted by Crippen LogP contribution is -2.17. The molecule has 0 saturated carbocycles. The number of amides is 2. The maximum Gasteiger partial charge on any atom is 0.274 e. The zero-order valence-electron chi connectivity index (χ0n) is 15.7. The normalized spacial score (nSPS) is 10.2. The van der Waals surface area contributed by atoms with Gasteiger partial charge in [0.2, 0.25) is 0 Å². The fraction of sp³-hybridized carbons (Fsp3) is 0.136. The van der Waals surface area contributed by atoms with Gasteiger partial charge in [-0.2, -0.15) is 0 Å². The zero-order valence-corrected chi connectivity index (χ0v) is 15.7. The number of anilines is 2. The van der Waals surface area contributed by atoms with Gasteiger partial charge < -0.3 is 15.4 Å². The van der Waals surface area contributed by atoms with Crippen LogP contribution in [0, 0.1) is 6.92 Å². The first-order valence-corrected chi connectivity index (χ1v) is 8.93. The summed E-state index contributed by atoms with van der Waals surface area (Å²) < 4.78 is 5.38. The van der Waals surface area contributed by atoms with Crippen LogP contribution in [0.25, 0.3) is 0 Å². The van der Waals surface area contributed by atoms with E-state index in [1.807, 2.05) is 38.1 Å². The van der Waals surface area contributed by atoms with Crippen LogP contribution in [0.3, 0.4) is 0 Å². The average Bonchev–Trinajstić information content (AvgIpc) is 2.71. The third-order valence-corrected chi connectivity index (χ3v) is 3.99. The largest absolute Gasteiger partial charge is 0.494 e. The van der Waals surface area contributed by atoms with Gasteiger partial charge >= 0.3 is 0 Å². The SMILES string of the molecule is CCOc1ccc(NC(=O)c2ccnc(C(=O)Nc3ccc(C)cc3)c2)cc1. The molecule has 1 heterocycles. The van der Waals surface area contributed by atoms with E-state index in [1.54, 1.807) is 30.3 Å². The minimum absolute atomic E-state index is 0.167. The van der Waals surface area contributed by atoms with E-state index in [4.69, 9.17) is 4.74 Å². The molecule has 2 N–H and O–H groups in total. The summed E-state index contributed by atoms with van der Waals surface area (Å²) in [6.45, 7) is 4.46. The van der Waals surface area contributed by atoms with Crippen LogP contribution < -0.4 is 15.4 Å². The number of carbonyl (C=O) groups is 2. The maximum absolute atomic E-state index is 12.5. The van der Waals surface area contributed by atoms with E-state index in [2.05, 4.69) is 15.6 Å². The molecule has 1 aromatic heterocycles. The summed E-state index contributed by atoms with van der Waals surface area (Å²) in [6.07, 6.45) is 1.44. The second kappa shape index (κ2) is 8.81. The zero-order chi connectivity index (χ0) is 19.9. The van der Waals surface area contributed by atoms with Crippen LogP contribution in [0.5, 0.6) is 5.75 Å². The highest BCUT2D eigenvalue weighted by atomic mass is 16.5. The van der Waals surface area contributed by atoms with Crippen molar-refractivity contribution in [3.63, 3.8) is 0 Å². The second-order valence-electron chi connectivity index (χ2n) is 6.16. The predicted octanol–water partition coefficient (Wildman–Crippen LogP) is 4.29. The fourth-order valence-corrected chi connectivity index (χ4v) is 2.53. The highest BCUT2D eigenvalue weighted by Gasteiger charge is 2.12. The summed E-state index contributed by atoms with van der Waals surface area (Å²) in [4.78, 5) is 29.0. The highest BCUT2D eigenvalue weighted by Crippen LogP contribution is 2.17. The number of nitrogens with zero attached hydrogens (tertiary/aromatic N) is 1. The molecule has 0 saturated heterocycles. The van der Waals surface area contributed by atoms with Crippen molar-refractivity contribution >= 4 is 23.2 Å². The summed E-state index contributed by atoms with van der Waals surface area (Å²) in [7, 11) is 0. The van der Waals surface area contributed by atoms with Crippen LogP contribution in [0.15, 0.2) is 66.9 Å². The average molecular weight is 375 g/mol. The molecule has 0 spiro atoms. The first-order chi connectivity index (χ1) is 13.5. The molecule has 0 aliphatic carbocycles. The van der Waals surface area contributed by atoms with Gasteiger partial charge in [0.1, 0.15) is 11.4 Å². The molecule has 2 amide bonds. The molecule has 6 nitrogen and oxygen atoms in total. The topological polar surface area (TPSA) is 80.3 Å². The van der Waals surface area contributed by atoms with Gasteiger partial charge in [-0.25, -0.2) is 0 Å². The number of rotatable bonds is 6. The molecule has 142 valence electrons. The van der Waals surface area contributed by atoms with Crippen molar-refractivity contribution in [3.8, 4) is 5.75 Å². The van der Waals surface area contributed by atoms with Gasteiger partial charge in [0, 0.05) is 23.1 Å². The van der Waals surface area contributed by atoms with Crippen LogP contribution in [0.4, 0.5) is 11.4 Å². The van der Waals surface area contributed by atoms with E-state index in [0.29, 0.717) is 23.5 Å². The molecule has 3 aromatic rings. The number of aryl methyl sites for hydroxylation is 1. The van der Waals surface area contributed by atoms with Gasteiger partial charge in [-0.1, -0.05) is 17.7 Å². The Hall–Kier alpha value is -3.67. The lowest BCUT2D eigenvalue weighted by atomic mass is 10.2. The molecule has 6 heteroatoms. The van der Waals surface area contributed by atoms with E-state index in [9.17, 15) is 9.59 Å². The van der Waals surface area contributed by atoms with Gasteiger partial charge in [-0.3, -0.25) is 14.6 Å². The smallest absolute Gasteiger partial charge is 0.274 e. The van der Waals surface area contributed by atoms with Crippen LogP contribution in [-0.2, 0) is 0 Å². The summed E-state index contributed by atoms with van der Waals surface area (Å²) >= 11 is 0. The fourth-order valence-electron chi connectivity index (χ4n) is 2.53. The van der Waals surface area contributed by atoms with Crippen LogP contribution in [0.2, 0.25) is 0 Å². The van der Waals surface area contributed by atoms with E-state index >= 15 is 0 Å². The van der Waals surface area contributed by atoms with E-state index < -0.39 is 0 Å². The molecule has 2 aromatic carbocycles. The van der Waals surface area contributed by atoms with Crippen LogP contribution in [0.1, 0.15) is 33.3 Å². The molecule has 0 radical (unpaired) electrons. The van der Waals surface area contributed by atoms with Crippen LogP contribution in [-0.4, -0.2) is 23.4 Å². The number of nitrogens with one attached hydrogen (secondary N) is 2. The van der Waals surface area contributed by atoms with Crippen molar-refractivity contribution in [2.75, 3.05) is 17.2 Å². The van der Waals surface area contributed by atoms with Crippen molar-refractivity contribution in [3.05, 3.63) is 83.7 Å². The molecule has 0 aliphatic heterocycles. The third kappa shape index (κ3) is 4.94. The summed E-state index contributed by atoms with van der Waals surface area (Å²) in [5, 5.41) is 5.57. The van der Waals surface area contributed by atoms with Gasteiger partial charge in [0.05, 0.1) is 6.61 Å². The number of ether oxygens (including phenoxy) is 1. The van der Waals surface area contributed by atoms with Crippen molar-refractivity contribution < 1.29 is 14.3 Å². The second-order valence-corrected chi connectivity index (χ2v) is 6.16. The van der Waals surface area contributed by atoms with E-state index in [0.717, 1.165) is 11.3 Å². The first kappa shape index (κ1) is 19.1. The lowest BCUT2D eigenvalue weighted by Gasteiger charge is -2.08. The van der Waals surface area contributed by atoms with E-state index in [1.165, 1.54) is 12.3 Å². The molecular weight excluding hydrogens is 354 g/mol. The van der Waals surface area contributed by atoms with Gasteiger partial charge in [-0.05, 0) is 62.4 Å². The van der Waals surface area contributed by atoms with Gasteiger partial charge in [0.25, 0.3) is 11.8 Å². The van der Waals surface area contributed by atoms with Crippen LogP contribution >= 0.6 is 0 Å². The summed E-state index contributed by atoms with van der Waals surface area (Å²) in [5.74, 6) is 0.0370. The third-order valence-electron chi connectivity index (χ3n) is 3.99. The Bertz CT molecular complexity index is 967. The number of aromatic nitrogens is 1. The van der Waals surface area contributed by atoms with E-state index in [-0.39, 0.29) is 17.5 Å². The molecular formula is C22H21N3O3. The molecule has 0 aliphatic rings. The Balaban J connectivity index is 1.68. The number of carbonyl (C=O) groups excluding carboxylic acids is 2. The Labute approximate surface area is 163 Å². The summed E-state index contributed by atoms with van der Waals surface area (Å²) in [5.41, 5.74) is 2.92. The number of hydrogen-bond donors (Lipinski definition) is 2. The Morgan fingerprint density at radius 1 is 0.893 bits per heavy atom. The Kier molecular flexibility index (Phi) is 6.01. The Morgan fingerprint density at radius 3 is 2.14 bits per heavy atom. The predicted molar refractivity (Wildman–Crippen MR) is 109 cm³/mol. The van der Waals surface area contributed by atoms with Crippen molar-refractivity contribution in [1.29, 1.82) is 0 Å². The molecule has 0 unspecified atom stereocenters. The molecule has 0 bridgehead atoms. The number of hydrogen-bond acceptors (Lipinski definition) is 4. The minimum Gasteiger partial charge on any atom is -0.494 e. The number of benzene rings is 2. The van der Waals surface area contributed by atoms with Crippen molar-refractivity contribution in [2.45, 2.75) is 13.8 Å².